The molecule has 1 fully saturated rings. The zero-order chi connectivity index (χ0) is 19.7. The number of ether oxygens (including phenoxy) is 1. The van der Waals surface area contributed by atoms with Crippen LogP contribution < -0.4 is 4.74 Å². The molecule has 4 rings (SSSR count). The molecule has 3 aromatic rings. The third-order valence-electron chi connectivity index (χ3n) is 4.98. The number of benzene rings is 2. The number of rotatable bonds is 4. The molecular formula is C20H20ClN3O3S. The fourth-order valence-corrected chi connectivity index (χ4v) is 5.39. The highest BCUT2D eigenvalue weighted by molar-refractivity contribution is 7.89. The number of aromatic nitrogens is 2. The average molecular weight is 418 g/mol. The van der Waals surface area contributed by atoms with Gasteiger partial charge in [-0.3, -0.25) is 0 Å². The molecule has 0 bridgehead atoms. The summed E-state index contributed by atoms with van der Waals surface area (Å²) in [6, 6.07) is 12.7. The van der Waals surface area contributed by atoms with Crippen LogP contribution >= 0.6 is 11.6 Å². The molecule has 1 aromatic heterocycles. The number of hydrogen-bond acceptors (Lipinski definition) is 5. The molecule has 2 aromatic carbocycles. The lowest BCUT2D eigenvalue weighted by atomic mass is 10.1. The van der Waals surface area contributed by atoms with Crippen LogP contribution in [0.5, 0.6) is 5.88 Å². The summed E-state index contributed by atoms with van der Waals surface area (Å²) in [6.07, 6.45) is 2.77. The molecule has 0 aliphatic carbocycles. The Hall–Kier alpha value is -2.22. The maximum atomic E-state index is 13.0. The molecule has 1 aliphatic rings. The summed E-state index contributed by atoms with van der Waals surface area (Å²) in [7, 11) is -3.58. The van der Waals surface area contributed by atoms with Gasteiger partial charge in [0.2, 0.25) is 15.9 Å². The van der Waals surface area contributed by atoms with Crippen molar-refractivity contribution >= 4 is 32.4 Å². The van der Waals surface area contributed by atoms with Gasteiger partial charge in [0.25, 0.3) is 0 Å². The number of nitrogens with zero attached hydrogens (tertiary/aromatic N) is 3. The topological polar surface area (TPSA) is 72.4 Å². The van der Waals surface area contributed by atoms with Gasteiger partial charge in [-0.05, 0) is 43.5 Å². The molecule has 0 unspecified atom stereocenters. The Morgan fingerprint density at radius 1 is 1.14 bits per heavy atom. The highest BCUT2D eigenvalue weighted by Gasteiger charge is 2.31. The summed E-state index contributed by atoms with van der Waals surface area (Å²) in [4.78, 5) is 0.263. The zero-order valence-corrected chi connectivity index (χ0v) is 16.9. The largest absolute Gasteiger partial charge is 0.473 e. The van der Waals surface area contributed by atoms with Crippen molar-refractivity contribution in [3.8, 4) is 5.88 Å². The summed E-state index contributed by atoms with van der Waals surface area (Å²) >= 11 is 6.01. The maximum absolute atomic E-state index is 13.0. The molecule has 146 valence electrons. The molecule has 0 spiro atoms. The second kappa shape index (κ2) is 7.66. The van der Waals surface area contributed by atoms with Crippen LogP contribution in [0.25, 0.3) is 10.8 Å². The van der Waals surface area contributed by atoms with Gasteiger partial charge < -0.3 is 4.74 Å². The predicted octanol–water partition coefficient (Wildman–Crippen LogP) is 3.82. The van der Waals surface area contributed by atoms with Crippen molar-refractivity contribution in [1.82, 2.24) is 14.5 Å². The van der Waals surface area contributed by atoms with E-state index in [1.165, 1.54) is 10.4 Å². The number of halogens is 1. The third-order valence-corrected chi connectivity index (χ3v) is 7.26. The van der Waals surface area contributed by atoms with Crippen LogP contribution in [0.3, 0.4) is 0 Å². The van der Waals surface area contributed by atoms with E-state index in [1.807, 2.05) is 24.3 Å². The Morgan fingerprint density at radius 3 is 2.68 bits per heavy atom. The Kier molecular flexibility index (Phi) is 5.23. The number of piperidine rings is 1. The van der Waals surface area contributed by atoms with Gasteiger partial charge in [0, 0.05) is 28.9 Å². The first-order valence-electron chi connectivity index (χ1n) is 9.08. The fraction of sp³-hybridized carbons (Fsp3) is 0.300. The van der Waals surface area contributed by atoms with Gasteiger partial charge in [-0.2, -0.15) is 9.40 Å². The molecule has 0 amide bonds. The second-order valence-corrected chi connectivity index (χ2v) is 9.21. The van der Waals surface area contributed by atoms with Crippen LogP contribution in [0.4, 0.5) is 0 Å². The Labute approximate surface area is 169 Å². The summed E-state index contributed by atoms with van der Waals surface area (Å²) in [5.74, 6) is 0.491. The normalized spacial score (nSPS) is 16.4. The summed E-state index contributed by atoms with van der Waals surface area (Å²) < 4.78 is 33.6. The number of aryl methyl sites for hydroxylation is 1. The van der Waals surface area contributed by atoms with Gasteiger partial charge in [0.15, 0.2) is 0 Å². The van der Waals surface area contributed by atoms with E-state index in [0.29, 0.717) is 42.4 Å². The first-order valence-corrected chi connectivity index (χ1v) is 10.9. The SMILES string of the molecule is Cc1ccc(Cl)cc1S(=O)(=O)N1CCC(Oc2nncc3ccccc23)CC1. The lowest BCUT2D eigenvalue weighted by Crippen LogP contribution is -2.42. The van der Waals surface area contributed by atoms with Crippen molar-refractivity contribution in [3.05, 3.63) is 59.2 Å². The summed E-state index contributed by atoms with van der Waals surface area (Å²) in [6.45, 7) is 2.55. The van der Waals surface area contributed by atoms with E-state index >= 15 is 0 Å². The summed E-state index contributed by atoms with van der Waals surface area (Å²) in [5, 5.41) is 10.4. The van der Waals surface area contributed by atoms with Crippen LogP contribution in [0, 0.1) is 6.92 Å². The number of sulfonamides is 1. The van der Waals surface area contributed by atoms with E-state index in [2.05, 4.69) is 10.2 Å². The lowest BCUT2D eigenvalue weighted by Gasteiger charge is -2.31. The molecule has 28 heavy (non-hydrogen) atoms. The number of hydrogen-bond donors (Lipinski definition) is 0. The van der Waals surface area contributed by atoms with Crippen molar-refractivity contribution in [2.75, 3.05) is 13.1 Å². The molecular weight excluding hydrogens is 398 g/mol. The van der Waals surface area contributed by atoms with Crippen LogP contribution in [0.15, 0.2) is 53.6 Å². The highest BCUT2D eigenvalue weighted by atomic mass is 35.5. The lowest BCUT2D eigenvalue weighted by molar-refractivity contribution is 0.130. The molecule has 1 aliphatic heterocycles. The van der Waals surface area contributed by atoms with Crippen molar-refractivity contribution in [2.45, 2.75) is 30.8 Å². The zero-order valence-electron chi connectivity index (χ0n) is 15.4. The average Bonchev–Trinajstić information content (AvgIpc) is 2.70. The van der Waals surface area contributed by atoms with Crippen LogP contribution in [-0.2, 0) is 10.0 Å². The predicted molar refractivity (Wildman–Crippen MR) is 108 cm³/mol. The smallest absolute Gasteiger partial charge is 0.243 e. The highest BCUT2D eigenvalue weighted by Crippen LogP contribution is 2.28. The third kappa shape index (κ3) is 3.70. The van der Waals surface area contributed by atoms with E-state index in [9.17, 15) is 8.42 Å². The van der Waals surface area contributed by atoms with Gasteiger partial charge in [0.05, 0.1) is 11.1 Å². The van der Waals surface area contributed by atoms with E-state index < -0.39 is 10.0 Å². The van der Waals surface area contributed by atoms with E-state index in [4.69, 9.17) is 16.3 Å². The molecule has 6 nitrogen and oxygen atoms in total. The Morgan fingerprint density at radius 2 is 1.89 bits per heavy atom. The standard InChI is InChI=1S/C20H20ClN3O3S/c1-14-6-7-16(21)12-19(14)28(25,26)24-10-8-17(9-11-24)27-20-18-5-3-2-4-15(18)13-22-23-20/h2-7,12-13,17H,8-11H2,1H3. The van der Waals surface area contributed by atoms with E-state index in [1.54, 1.807) is 25.3 Å². The minimum absolute atomic E-state index is 0.105. The quantitative estimate of drug-likeness (QED) is 0.645. The summed E-state index contributed by atoms with van der Waals surface area (Å²) in [5.41, 5.74) is 0.689. The molecule has 0 N–H and O–H groups in total. The van der Waals surface area contributed by atoms with Crippen molar-refractivity contribution in [1.29, 1.82) is 0 Å². The Bertz CT molecular complexity index is 1110. The molecule has 0 radical (unpaired) electrons. The van der Waals surface area contributed by atoms with Gasteiger partial charge in [0.1, 0.15) is 6.10 Å². The fourth-order valence-electron chi connectivity index (χ4n) is 3.43. The van der Waals surface area contributed by atoms with Gasteiger partial charge >= 0.3 is 0 Å². The van der Waals surface area contributed by atoms with E-state index in [-0.39, 0.29) is 11.0 Å². The van der Waals surface area contributed by atoms with Gasteiger partial charge in [-0.25, -0.2) is 8.42 Å². The molecule has 1 saturated heterocycles. The molecule has 8 heteroatoms. The van der Waals surface area contributed by atoms with Crippen LogP contribution in [0.1, 0.15) is 18.4 Å². The monoisotopic (exact) mass is 417 g/mol. The van der Waals surface area contributed by atoms with E-state index in [0.717, 1.165) is 10.8 Å². The first-order chi connectivity index (χ1) is 13.4. The van der Waals surface area contributed by atoms with Crippen molar-refractivity contribution in [3.63, 3.8) is 0 Å². The number of fused-ring (bicyclic) bond motifs is 1. The molecule has 0 atom stereocenters. The van der Waals surface area contributed by atoms with Gasteiger partial charge in [-0.1, -0.05) is 35.9 Å². The molecule has 0 saturated carbocycles. The molecule has 2 heterocycles. The van der Waals surface area contributed by atoms with Crippen molar-refractivity contribution < 1.29 is 13.2 Å². The van der Waals surface area contributed by atoms with Crippen LogP contribution in [0.2, 0.25) is 5.02 Å². The first kappa shape index (κ1) is 19.1. The van der Waals surface area contributed by atoms with Gasteiger partial charge in [-0.15, -0.1) is 5.10 Å². The second-order valence-electron chi connectivity index (χ2n) is 6.87. The minimum atomic E-state index is -3.58. The Balaban J connectivity index is 1.48. The van der Waals surface area contributed by atoms with Crippen molar-refractivity contribution in [2.24, 2.45) is 0 Å². The minimum Gasteiger partial charge on any atom is -0.473 e. The maximum Gasteiger partial charge on any atom is 0.243 e. The van der Waals surface area contributed by atoms with Crippen LogP contribution in [-0.4, -0.2) is 42.1 Å².